The summed E-state index contributed by atoms with van der Waals surface area (Å²) in [6.45, 7) is 4.74. The van der Waals surface area contributed by atoms with Gasteiger partial charge in [0, 0.05) is 35.0 Å². The summed E-state index contributed by atoms with van der Waals surface area (Å²) in [4.78, 5) is 25.9. The monoisotopic (exact) mass is 368 g/mol. The molecule has 0 bridgehead atoms. The molecule has 122 valence electrons. The molecular weight excluding hydrogens is 344 g/mol. The minimum absolute atomic E-state index is 0.00136. The van der Waals surface area contributed by atoms with Crippen molar-refractivity contribution < 1.29 is 9.59 Å². The highest BCUT2D eigenvalue weighted by Gasteiger charge is 2.20. The second-order valence-corrected chi connectivity index (χ2v) is 7.18. The fraction of sp³-hybridized carbons (Fsp3) is 0.529. The van der Waals surface area contributed by atoms with Crippen LogP contribution in [0.25, 0.3) is 0 Å². The number of benzene rings is 1. The van der Waals surface area contributed by atoms with E-state index in [-0.39, 0.29) is 17.2 Å². The summed E-state index contributed by atoms with van der Waals surface area (Å²) in [6.07, 6.45) is 1.35. The minimum atomic E-state index is -0.0805. The van der Waals surface area contributed by atoms with Crippen LogP contribution >= 0.6 is 15.9 Å². The number of nitrogens with one attached hydrogen (secondary N) is 1. The lowest BCUT2D eigenvalue weighted by atomic mass is 10.0. The summed E-state index contributed by atoms with van der Waals surface area (Å²) in [5.41, 5.74) is 0.612. The first kappa shape index (κ1) is 18.8. The Morgan fingerprint density at radius 1 is 1.14 bits per heavy atom. The highest BCUT2D eigenvalue weighted by Crippen LogP contribution is 2.13. The number of carbonyl (C=O) groups excluding carboxylic acids is 2. The second-order valence-electron chi connectivity index (χ2n) is 6.27. The van der Waals surface area contributed by atoms with Crippen molar-refractivity contribution in [3.05, 3.63) is 34.3 Å². The molecule has 1 N–H and O–H groups in total. The Morgan fingerprint density at radius 3 is 2.27 bits per heavy atom. The third kappa shape index (κ3) is 6.28. The Bertz CT molecular complexity index is 510. The second kappa shape index (κ2) is 8.44. The van der Waals surface area contributed by atoms with Crippen molar-refractivity contribution in [2.75, 3.05) is 20.6 Å². The molecule has 0 aliphatic rings. The van der Waals surface area contributed by atoms with Gasteiger partial charge < -0.3 is 10.2 Å². The molecule has 4 nitrogen and oxygen atoms in total. The van der Waals surface area contributed by atoms with Gasteiger partial charge in [0.25, 0.3) is 0 Å². The number of hydrogen-bond acceptors (Lipinski definition) is 3. The predicted molar refractivity (Wildman–Crippen MR) is 93.1 cm³/mol. The van der Waals surface area contributed by atoms with E-state index in [1.54, 1.807) is 12.1 Å². The number of likely N-dealkylation sites (N-methyl/N-ethyl adjacent to an activating group) is 1. The normalized spacial score (nSPS) is 11.5. The molecule has 0 radical (unpaired) electrons. The van der Waals surface area contributed by atoms with Crippen LogP contribution in [0.3, 0.4) is 0 Å². The first-order chi connectivity index (χ1) is 10.2. The van der Waals surface area contributed by atoms with Crippen molar-refractivity contribution in [1.82, 2.24) is 10.2 Å². The van der Waals surface area contributed by atoms with Crippen LogP contribution in [-0.4, -0.2) is 42.8 Å². The molecule has 0 unspecified atom stereocenters. The fourth-order valence-corrected chi connectivity index (χ4v) is 2.02. The molecule has 22 heavy (non-hydrogen) atoms. The lowest BCUT2D eigenvalue weighted by molar-refractivity contribution is -0.121. The third-order valence-electron chi connectivity index (χ3n) is 3.90. The van der Waals surface area contributed by atoms with E-state index < -0.39 is 0 Å². The van der Waals surface area contributed by atoms with Gasteiger partial charge in [0.2, 0.25) is 5.91 Å². The standard InChI is InChI=1S/C17H25BrN2O2/c1-17(2,20(3)4)12-19-16(22)7-5-6-15(21)13-8-10-14(18)11-9-13/h8-11H,5-7,12H2,1-4H3,(H,19,22). The fourth-order valence-electron chi connectivity index (χ4n) is 1.75. The number of halogens is 1. The van der Waals surface area contributed by atoms with Gasteiger partial charge in [0.15, 0.2) is 5.78 Å². The van der Waals surface area contributed by atoms with Crippen LogP contribution in [0.4, 0.5) is 0 Å². The van der Waals surface area contributed by atoms with Gasteiger partial charge in [-0.25, -0.2) is 0 Å². The SMILES string of the molecule is CN(C)C(C)(C)CNC(=O)CCCC(=O)c1ccc(Br)cc1. The van der Waals surface area contributed by atoms with Crippen molar-refractivity contribution >= 4 is 27.6 Å². The van der Waals surface area contributed by atoms with Crippen LogP contribution in [0, 0.1) is 0 Å². The molecular formula is C17H25BrN2O2. The zero-order valence-corrected chi connectivity index (χ0v) is 15.4. The van der Waals surface area contributed by atoms with Gasteiger partial charge >= 0.3 is 0 Å². The van der Waals surface area contributed by atoms with E-state index in [1.165, 1.54) is 0 Å². The summed E-state index contributed by atoms with van der Waals surface area (Å²) in [7, 11) is 3.98. The molecule has 0 atom stereocenters. The molecule has 1 rings (SSSR count). The van der Waals surface area contributed by atoms with Gasteiger partial charge in [-0.2, -0.15) is 0 Å². The predicted octanol–water partition coefficient (Wildman–Crippen LogP) is 3.26. The zero-order valence-electron chi connectivity index (χ0n) is 13.8. The molecule has 0 fully saturated rings. The minimum Gasteiger partial charge on any atom is -0.354 e. The highest BCUT2D eigenvalue weighted by molar-refractivity contribution is 9.10. The molecule has 0 aromatic heterocycles. The molecule has 0 saturated heterocycles. The number of ketones is 1. The summed E-state index contributed by atoms with van der Waals surface area (Å²) in [6, 6.07) is 7.30. The van der Waals surface area contributed by atoms with Crippen LogP contribution in [0.2, 0.25) is 0 Å². The maximum atomic E-state index is 12.0. The van der Waals surface area contributed by atoms with Crippen LogP contribution in [0.5, 0.6) is 0 Å². The van der Waals surface area contributed by atoms with E-state index in [2.05, 4.69) is 40.0 Å². The zero-order chi connectivity index (χ0) is 16.8. The van der Waals surface area contributed by atoms with Gasteiger partial charge in [0.05, 0.1) is 0 Å². The van der Waals surface area contributed by atoms with Crippen molar-refractivity contribution in [3.8, 4) is 0 Å². The molecule has 0 heterocycles. The van der Waals surface area contributed by atoms with Crippen molar-refractivity contribution in [1.29, 1.82) is 0 Å². The Kier molecular flexibility index (Phi) is 7.23. The van der Waals surface area contributed by atoms with Crippen LogP contribution in [0.1, 0.15) is 43.5 Å². The molecule has 1 amide bonds. The molecule has 1 aromatic rings. The summed E-state index contributed by atoms with van der Waals surface area (Å²) in [5.74, 6) is 0.0763. The van der Waals surface area contributed by atoms with Gasteiger partial charge in [-0.3, -0.25) is 9.59 Å². The first-order valence-corrected chi connectivity index (χ1v) is 8.24. The molecule has 1 aromatic carbocycles. The average molecular weight is 369 g/mol. The number of Topliss-reactive ketones (excluding diaryl/α,β-unsaturated/α-hetero) is 1. The Labute approximate surface area is 141 Å². The first-order valence-electron chi connectivity index (χ1n) is 7.45. The largest absolute Gasteiger partial charge is 0.354 e. The van der Waals surface area contributed by atoms with E-state index in [0.717, 1.165) is 4.47 Å². The quantitative estimate of drug-likeness (QED) is 0.716. The average Bonchev–Trinajstić information content (AvgIpc) is 2.45. The Morgan fingerprint density at radius 2 is 1.73 bits per heavy atom. The summed E-state index contributed by atoms with van der Waals surface area (Å²) >= 11 is 3.34. The maximum absolute atomic E-state index is 12.0. The van der Waals surface area contributed by atoms with Gasteiger partial charge in [-0.1, -0.05) is 28.1 Å². The van der Waals surface area contributed by atoms with Gasteiger partial charge in [0.1, 0.15) is 0 Å². The molecule has 0 aliphatic heterocycles. The van der Waals surface area contributed by atoms with Gasteiger partial charge in [-0.15, -0.1) is 0 Å². The number of rotatable bonds is 8. The van der Waals surface area contributed by atoms with E-state index >= 15 is 0 Å². The third-order valence-corrected chi connectivity index (χ3v) is 4.43. The van der Waals surface area contributed by atoms with Crippen LogP contribution in [-0.2, 0) is 4.79 Å². The van der Waals surface area contributed by atoms with Crippen LogP contribution < -0.4 is 5.32 Å². The Hall–Kier alpha value is -1.20. The van der Waals surface area contributed by atoms with Gasteiger partial charge in [-0.05, 0) is 46.5 Å². The summed E-state index contributed by atoms with van der Waals surface area (Å²) < 4.78 is 0.951. The van der Waals surface area contributed by atoms with E-state index in [1.807, 2.05) is 26.2 Å². The van der Waals surface area contributed by atoms with Crippen molar-refractivity contribution in [2.45, 2.75) is 38.6 Å². The lowest BCUT2D eigenvalue weighted by Gasteiger charge is -2.32. The summed E-state index contributed by atoms with van der Waals surface area (Å²) in [5, 5.41) is 2.93. The molecule has 0 spiro atoms. The number of carbonyl (C=O) groups is 2. The molecule has 0 saturated carbocycles. The molecule has 5 heteroatoms. The number of amides is 1. The van der Waals surface area contributed by atoms with Crippen molar-refractivity contribution in [3.63, 3.8) is 0 Å². The maximum Gasteiger partial charge on any atom is 0.220 e. The smallest absolute Gasteiger partial charge is 0.220 e. The van der Waals surface area contributed by atoms with Crippen LogP contribution in [0.15, 0.2) is 28.7 Å². The van der Waals surface area contributed by atoms with E-state index in [4.69, 9.17) is 0 Å². The molecule has 0 aliphatic carbocycles. The lowest BCUT2D eigenvalue weighted by Crippen LogP contribution is -2.48. The highest BCUT2D eigenvalue weighted by atomic mass is 79.9. The Balaban J connectivity index is 2.30. The topological polar surface area (TPSA) is 49.4 Å². The van der Waals surface area contributed by atoms with E-state index in [0.29, 0.717) is 31.4 Å². The van der Waals surface area contributed by atoms with E-state index in [9.17, 15) is 9.59 Å². The number of hydrogen-bond donors (Lipinski definition) is 1. The van der Waals surface area contributed by atoms with Crippen molar-refractivity contribution in [2.24, 2.45) is 0 Å². The number of nitrogens with zero attached hydrogens (tertiary/aromatic N) is 1.